The molecule has 1 saturated heterocycles. The van der Waals surface area contributed by atoms with Gasteiger partial charge in [0.2, 0.25) is 5.91 Å². The van der Waals surface area contributed by atoms with E-state index in [0.29, 0.717) is 25.3 Å². The van der Waals surface area contributed by atoms with Crippen LogP contribution in [-0.2, 0) is 19.1 Å². The Bertz CT molecular complexity index is 758. The van der Waals surface area contributed by atoms with Gasteiger partial charge in [-0.1, -0.05) is 20.8 Å². The second-order valence-corrected chi connectivity index (χ2v) is 11.7. The lowest BCUT2D eigenvalue weighted by Crippen LogP contribution is -2.51. The van der Waals surface area contributed by atoms with Crippen LogP contribution in [0, 0.1) is 11.3 Å². The van der Waals surface area contributed by atoms with Gasteiger partial charge in [0.15, 0.2) is 0 Å². The number of likely N-dealkylation sites (N-methyl/N-ethyl adjacent to an activating group) is 1. The molecule has 1 aliphatic carbocycles. The lowest BCUT2D eigenvalue weighted by atomic mass is 9.67. The van der Waals surface area contributed by atoms with E-state index in [9.17, 15) is 19.2 Å². The zero-order chi connectivity index (χ0) is 25.2. The van der Waals surface area contributed by atoms with E-state index < -0.39 is 29.0 Å². The molecule has 9 heteroatoms. The molecule has 9 nitrogen and oxygen atoms in total. The lowest BCUT2D eigenvalue weighted by molar-refractivity contribution is -0.159. The van der Waals surface area contributed by atoms with E-state index in [1.165, 1.54) is 4.90 Å². The van der Waals surface area contributed by atoms with Crippen LogP contribution >= 0.6 is 0 Å². The van der Waals surface area contributed by atoms with Crippen LogP contribution in [0.1, 0.15) is 67.2 Å². The molecule has 33 heavy (non-hydrogen) atoms. The Morgan fingerprint density at radius 2 is 1.64 bits per heavy atom. The molecule has 1 saturated carbocycles. The van der Waals surface area contributed by atoms with Gasteiger partial charge in [-0.05, 0) is 71.9 Å². The number of nitrogens with one attached hydrogen (secondary N) is 1. The first kappa shape index (κ1) is 27.1. The number of hydrogen-bond donors (Lipinski definition) is 1. The van der Waals surface area contributed by atoms with Gasteiger partial charge >= 0.3 is 12.0 Å². The average molecular weight is 467 g/mol. The van der Waals surface area contributed by atoms with Crippen molar-refractivity contribution in [1.29, 1.82) is 0 Å². The number of carbonyl (C=O) groups is 4. The van der Waals surface area contributed by atoms with Gasteiger partial charge in [0, 0.05) is 13.1 Å². The Morgan fingerprint density at radius 3 is 2.12 bits per heavy atom. The molecular weight excluding hydrogens is 424 g/mol. The van der Waals surface area contributed by atoms with Crippen LogP contribution in [-0.4, -0.2) is 89.9 Å². The van der Waals surface area contributed by atoms with Crippen molar-refractivity contribution in [2.75, 3.05) is 40.3 Å². The summed E-state index contributed by atoms with van der Waals surface area (Å²) < 4.78 is 5.36. The fraction of sp³-hybridized carbons (Fsp3) is 0.833. The molecule has 1 heterocycles. The second-order valence-electron chi connectivity index (χ2n) is 11.7. The number of urea groups is 1. The molecule has 2 fully saturated rings. The summed E-state index contributed by atoms with van der Waals surface area (Å²) in [6.07, 6.45) is 2.86. The maximum atomic E-state index is 13.3. The second kappa shape index (κ2) is 9.99. The highest BCUT2D eigenvalue weighted by molar-refractivity contribution is 6.09. The Morgan fingerprint density at radius 1 is 1.06 bits per heavy atom. The van der Waals surface area contributed by atoms with Crippen LogP contribution < -0.4 is 5.32 Å². The molecule has 2 rings (SSSR count). The number of rotatable bonds is 7. The molecule has 0 aromatic carbocycles. The predicted molar refractivity (Wildman–Crippen MR) is 125 cm³/mol. The van der Waals surface area contributed by atoms with E-state index in [2.05, 4.69) is 26.1 Å². The minimum Gasteiger partial charge on any atom is -0.459 e. The van der Waals surface area contributed by atoms with Crippen molar-refractivity contribution in [3.05, 3.63) is 0 Å². The Labute approximate surface area is 198 Å². The molecule has 4 amide bonds. The van der Waals surface area contributed by atoms with Crippen LogP contribution in [0.2, 0.25) is 0 Å². The Kier molecular flexibility index (Phi) is 8.20. The summed E-state index contributed by atoms with van der Waals surface area (Å²) >= 11 is 0. The summed E-state index contributed by atoms with van der Waals surface area (Å²) in [7, 11) is 3.73. The van der Waals surface area contributed by atoms with Crippen LogP contribution in [0.3, 0.4) is 0 Å². The maximum absolute atomic E-state index is 13.3. The smallest absolute Gasteiger partial charge is 0.326 e. The molecule has 0 radical (unpaired) electrons. The van der Waals surface area contributed by atoms with Crippen LogP contribution in [0.4, 0.5) is 4.79 Å². The van der Waals surface area contributed by atoms with Crippen LogP contribution in [0.25, 0.3) is 0 Å². The van der Waals surface area contributed by atoms with E-state index in [1.54, 1.807) is 20.8 Å². The first-order valence-corrected chi connectivity index (χ1v) is 11.8. The van der Waals surface area contributed by atoms with E-state index in [0.717, 1.165) is 17.7 Å². The minimum absolute atomic E-state index is 0.150. The fourth-order valence-corrected chi connectivity index (χ4v) is 4.51. The molecule has 0 aromatic rings. The number of hydrogen-bond acceptors (Lipinski definition) is 6. The summed E-state index contributed by atoms with van der Waals surface area (Å²) in [6, 6.07) is -0.535. The third-order valence-electron chi connectivity index (χ3n) is 6.51. The molecule has 0 atom stereocenters. The van der Waals surface area contributed by atoms with Gasteiger partial charge in [-0.15, -0.1) is 0 Å². The number of nitrogens with zero attached hydrogens (tertiary/aromatic N) is 3. The SMILES string of the molecule is CN(C)CCN(CC(=O)OC(C)(C)C)C(=O)CN1C(=O)NC2(CCC(C(C)(C)C)CC2)C1=O. The molecule has 1 aliphatic heterocycles. The van der Waals surface area contributed by atoms with Gasteiger partial charge in [0.05, 0.1) is 0 Å². The van der Waals surface area contributed by atoms with Gasteiger partial charge in [-0.3, -0.25) is 19.3 Å². The number of esters is 1. The molecule has 2 aliphatic rings. The molecule has 0 aromatic heterocycles. The number of amides is 4. The zero-order valence-corrected chi connectivity index (χ0v) is 21.6. The summed E-state index contributed by atoms with van der Waals surface area (Å²) in [4.78, 5) is 55.6. The lowest BCUT2D eigenvalue weighted by Gasteiger charge is -2.40. The topological polar surface area (TPSA) is 99.3 Å². The van der Waals surface area contributed by atoms with Gasteiger partial charge in [-0.2, -0.15) is 0 Å². The van der Waals surface area contributed by atoms with Crippen molar-refractivity contribution in [2.45, 2.75) is 78.4 Å². The zero-order valence-electron chi connectivity index (χ0n) is 21.6. The van der Waals surface area contributed by atoms with Crippen molar-refractivity contribution >= 4 is 23.8 Å². The fourth-order valence-electron chi connectivity index (χ4n) is 4.51. The number of ether oxygens (including phenoxy) is 1. The molecular formula is C24H42N4O5. The van der Waals surface area contributed by atoms with Gasteiger partial charge in [-0.25, -0.2) is 4.79 Å². The van der Waals surface area contributed by atoms with E-state index in [1.807, 2.05) is 19.0 Å². The Hall–Kier alpha value is -2.16. The Balaban J connectivity index is 2.07. The van der Waals surface area contributed by atoms with Crippen molar-refractivity contribution in [2.24, 2.45) is 11.3 Å². The molecule has 1 N–H and O–H groups in total. The van der Waals surface area contributed by atoms with Crippen molar-refractivity contribution in [3.8, 4) is 0 Å². The standard InChI is InChI=1S/C24H42N4O5/c1-22(2,3)17-9-11-24(12-10-17)20(31)28(21(32)25-24)15-18(29)27(14-13-26(7)8)16-19(30)33-23(4,5)6/h17H,9-16H2,1-8H3,(H,25,32). The largest absolute Gasteiger partial charge is 0.459 e. The van der Waals surface area contributed by atoms with Crippen molar-refractivity contribution < 1.29 is 23.9 Å². The maximum Gasteiger partial charge on any atom is 0.326 e. The van der Waals surface area contributed by atoms with Gasteiger partial charge < -0.3 is 19.9 Å². The van der Waals surface area contributed by atoms with Crippen LogP contribution in [0.5, 0.6) is 0 Å². The number of carbonyl (C=O) groups excluding carboxylic acids is 4. The first-order valence-electron chi connectivity index (χ1n) is 11.8. The third kappa shape index (κ3) is 7.16. The minimum atomic E-state index is -0.918. The van der Waals surface area contributed by atoms with Gasteiger partial charge in [0.1, 0.15) is 24.2 Å². The average Bonchev–Trinajstić information content (AvgIpc) is 2.87. The van der Waals surface area contributed by atoms with E-state index >= 15 is 0 Å². The van der Waals surface area contributed by atoms with Crippen LogP contribution in [0.15, 0.2) is 0 Å². The monoisotopic (exact) mass is 466 g/mol. The highest BCUT2D eigenvalue weighted by Gasteiger charge is 2.53. The number of imide groups is 1. The highest BCUT2D eigenvalue weighted by atomic mass is 16.6. The quantitative estimate of drug-likeness (QED) is 0.456. The molecule has 1 spiro atoms. The first-order chi connectivity index (χ1) is 15.0. The third-order valence-corrected chi connectivity index (χ3v) is 6.51. The van der Waals surface area contributed by atoms with Crippen molar-refractivity contribution in [3.63, 3.8) is 0 Å². The molecule has 188 valence electrons. The summed E-state index contributed by atoms with van der Waals surface area (Å²) in [5.41, 5.74) is -1.44. The summed E-state index contributed by atoms with van der Waals surface area (Å²) in [6.45, 7) is 12.1. The highest BCUT2D eigenvalue weighted by Crippen LogP contribution is 2.43. The predicted octanol–water partition coefficient (Wildman–Crippen LogP) is 2.25. The van der Waals surface area contributed by atoms with E-state index in [4.69, 9.17) is 4.74 Å². The molecule has 0 unspecified atom stereocenters. The normalized spacial score (nSPS) is 23.8. The van der Waals surface area contributed by atoms with Gasteiger partial charge in [0.25, 0.3) is 5.91 Å². The van der Waals surface area contributed by atoms with Crippen molar-refractivity contribution in [1.82, 2.24) is 20.0 Å². The molecule has 0 bridgehead atoms. The van der Waals surface area contributed by atoms with E-state index in [-0.39, 0.29) is 31.0 Å². The summed E-state index contributed by atoms with van der Waals surface area (Å²) in [5.74, 6) is -0.827. The summed E-state index contributed by atoms with van der Waals surface area (Å²) in [5, 5.41) is 2.87.